The van der Waals surface area contributed by atoms with Crippen LogP contribution in [0.3, 0.4) is 0 Å². The van der Waals surface area contributed by atoms with Crippen LogP contribution in [0.5, 0.6) is 0 Å². The molecule has 0 aliphatic heterocycles. The van der Waals surface area contributed by atoms with Gasteiger partial charge in [-0.15, -0.1) is 21.9 Å². The average molecular weight is 699 g/mol. The Balaban J connectivity index is 1.56. The van der Waals surface area contributed by atoms with Crippen molar-refractivity contribution in [2.45, 2.75) is 0 Å². The second kappa shape index (κ2) is 13.3. The van der Waals surface area contributed by atoms with Crippen LogP contribution in [0, 0.1) is 0 Å². The summed E-state index contributed by atoms with van der Waals surface area (Å²) in [5.74, 6) is 0. The first-order valence-electron chi connectivity index (χ1n) is 20.3. The molecule has 0 unspecified atom stereocenters. The number of rotatable bonds is 3. The molecule has 0 atom stereocenters. The summed E-state index contributed by atoms with van der Waals surface area (Å²) < 4.78 is 0. The van der Waals surface area contributed by atoms with Gasteiger partial charge >= 0.3 is 0 Å². The van der Waals surface area contributed by atoms with Gasteiger partial charge in [0.05, 0.1) is 0 Å². The highest BCUT2D eigenvalue weighted by molar-refractivity contribution is 6.72. The second-order valence-corrected chi connectivity index (χ2v) is 16.7. The van der Waals surface area contributed by atoms with Crippen LogP contribution >= 0.6 is 0 Å². The van der Waals surface area contributed by atoms with E-state index >= 15 is 0 Å². The second-order valence-electron chi connectivity index (χ2n) is 16.7. The third kappa shape index (κ3) is 5.03. The quantitative estimate of drug-likeness (QED) is 0.0979. The Bertz CT molecular complexity index is 3110. The highest BCUT2D eigenvalue weighted by Crippen LogP contribution is 2.44. The predicted octanol–water partition coefficient (Wildman–Crippen LogP) is -8.45. The van der Waals surface area contributed by atoms with Crippen molar-refractivity contribution in [2.75, 3.05) is 0 Å². The van der Waals surface area contributed by atoms with Crippen LogP contribution in [0.15, 0.2) is 97.1 Å². The largest absolute Gasteiger partial charge is 0.139 e. The SMILES string of the molecule is Bc1c(B)c(-c2c3c(B)c(B)c(B)c(B)c3c(-c3cc4ccccc4c4ccccc34)c3c(B)c(B)c(B)c(B)c23)c(B)c(B)c1-c1cccc2ccccc12. The predicted molar refractivity (Wildman–Crippen MR) is 288 cm³/mol. The smallest absolute Gasteiger partial charge is 0.101 e. The summed E-state index contributed by atoms with van der Waals surface area (Å²) in [5.41, 5.74) is 24.7. The minimum atomic E-state index is 1.28. The van der Waals surface area contributed by atoms with Crippen molar-refractivity contribution in [3.63, 3.8) is 0 Å². The molecule has 0 spiro atoms. The lowest BCUT2D eigenvalue weighted by Crippen LogP contribution is -2.50. The van der Waals surface area contributed by atoms with E-state index in [1.165, 1.54) is 153 Å². The molecule has 0 aliphatic rings. The summed E-state index contributed by atoms with van der Waals surface area (Å²) in [6.07, 6.45) is 0. The summed E-state index contributed by atoms with van der Waals surface area (Å²) in [6.45, 7) is 0. The average Bonchev–Trinajstić information content (AvgIpc) is 3.22. The van der Waals surface area contributed by atoms with Crippen LogP contribution < -0.4 is 65.6 Å². The maximum Gasteiger partial charge on any atom is 0.139 e. The maximum absolute atomic E-state index is 2.49. The van der Waals surface area contributed by atoms with Crippen LogP contribution in [-0.4, -0.2) is 94.2 Å². The first kappa shape index (κ1) is 36.7. The van der Waals surface area contributed by atoms with Gasteiger partial charge in [0.15, 0.2) is 0 Å². The van der Waals surface area contributed by atoms with Gasteiger partial charge in [-0.05, 0) is 93.3 Å². The molecule has 9 aromatic carbocycles. The van der Waals surface area contributed by atoms with Crippen LogP contribution in [0.25, 0.3) is 87.2 Å². The fourth-order valence-electron chi connectivity index (χ4n) is 10.4. The number of benzene rings is 9. The zero-order chi connectivity index (χ0) is 39.5. The highest BCUT2D eigenvalue weighted by Gasteiger charge is 2.28. The summed E-state index contributed by atoms with van der Waals surface area (Å²) >= 11 is 0. The standard InChI is InChI=1S/C44H40B12/c45-33-26(23-15-7-10-17-8-1-3-11-19(17)23)34(46)40(52)32(39(33)51)27-30-28(35(47)41(53)43(55)37(30)49)25(29-31(27)38(50)44(56)42(54)36(29)48)24-16-18-9-2-4-12-20(18)21-13-5-6-14-22(21)24/h1-16H,45-56H2. The van der Waals surface area contributed by atoms with E-state index in [9.17, 15) is 0 Å². The minimum Gasteiger partial charge on any atom is -0.101 e. The van der Waals surface area contributed by atoms with Gasteiger partial charge in [0, 0.05) is 0 Å². The molecule has 252 valence electrons. The highest BCUT2D eigenvalue weighted by atomic mass is 14.3. The van der Waals surface area contributed by atoms with Crippen molar-refractivity contribution in [1.29, 1.82) is 0 Å². The summed E-state index contributed by atoms with van der Waals surface area (Å²) in [6, 6.07) is 36.1. The first-order valence-corrected chi connectivity index (χ1v) is 20.3. The van der Waals surface area contributed by atoms with E-state index in [0.29, 0.717) is 0 Å². The van der Waals surface area contributed by atoms with Crippen molar-refractivity contribution in [3.05, 3.63) is 97.1 Å². The summed E-state index contributed by atoms with van der Waals surface area (Å²) in [7, 11) is 28.4. The fraction of sp³-hybridized carbons (Fsp3) is 0. The molecular weight excluding hydrogens is 658 g/mol. The van der Waals surface area contributed by atoms with Gasteiger partial charge in [-0.1, -0.05) is 135 Å². The molecule has 0 amide bonds. The Morgan fingerprint density at radius 2 is 0.625 bits per heavy atom. The van der Waals surface area contributed by atoms with E-state index in [0.717, 1.165) is 0 Å². The lowest BCUT2D eigenvalue weighted by atomic mass is 9.57. The van der Waals surface area contributed by atoms with Crippen molar-refractivity contribution in [2.24, 2.45) is 0 Å². The van der Waals surface area contributed by atoms with E-state index in [4.69, 9.17) is 0 Å². The van der Waals surface area contributed by atoms with E-state index in [2.05, 4.69) is 191 Å². The van der Waals surface area contributed by atoms with Crippen molar-refractivity contribution in [1.82, 2.24) is 0 Å². The van der Waals surface area contributed by atoms with Gasteiger partial charge in [-0.3, -0.25) is 0 Å². The molecule has 0 fully saturated rings. The van der Waals surface area contributed by atoms with Gasteiger partial charge in [0.2, 0.25) is 0 Å². The molecule has 0 aliphatic carbocycles. The fourth-order valence-corrected chi connectivity index (χ4v) is 10.4. The zero-order valence-electron chi connectivity index (χ0n) is 35.2. The van der Waals surface area contributed by atoms with E-state index < -0.39 is 0 Å². The molecule has 12 heteroatoms. The van der Waals surface area contributed by atoms with Crippen molar-refractivity contribution in [3.8, 4) is 33.4 Å². The molecule has 0 radical (unpaired) electrons. The molecule has 0 saturated heterocycles. The van der Waals surface area contributed by atoms with Gasteiger partial charge in [-0.2, -0.15) is 0 Å². The Labute approximate surface area is 342 Å². The van der Waals surface area contributed by atoms with Crippen LogP contribution in [0.4, 0.5) is 0 Å². The molecule has 9 rings (SSSR count). The van der Waals surface area contributed by atoms with Crippen LogP contribution in [-0.2, 0) is 0 Å². The Morgan fingerprint density at radius 1 is 0.232 bits per heavy atom. The number of hydrogen-bond acceptors (Lipinski definition) is 0. The van der Waals surface area contributed by atoms with Crippen molar-refractivity contribution < 1.29 is 0 Å². The number of hydrogen-bond donors (Lipinski definition) is 0. The van der Waals surface area contributed by atoms with Gasteiger partial charge in [-0.25, -0.2) is 0 Å². The van der Waals surface area contributed by atoms with Crippen LogP contribution in [0.2, 0.25) is 0 Å². The molecule has 9 aromatic rings. The third-order valence-electron chi connectivity index (χ3n) is 14.3. The lowest BCUT2D eigenvalue weighted by molar-refractivity contribution is 1.72. The monoisotopic (exact) mass is 700 g/mol. The third-order valence-corrected chi connectivity index (χ3v) is 14.3. The molecule has 0 heterocycles. The van der Waals surface area contributed by atoms with Crippen LogP contribution in [0.1, 0.15) is 0 Å². The Morgan fingerprint density at radius 3 is 1.16 bits per heavy atom. The molecular formula is C44H40B12. The lowest BCUT2D eigenvalue weighted by Gasteiger charge is -2.31. The Kier molecular flexibility index (Phi) is 8.73. The zero-order valence-corrected chi connectivity index (χ0v) is 35.2. The van der Waals surface area contributed by atoms with Gasteiger partial charge in [0.25, 0.3) is 0 Å². The molecule has 0 aromatic heterocycles. The normalized spacial score (nSPS) is 11.7. The summed E-state index contributed by atoms with van der Waals surface area (Å²) in [4.78, 5) is 0. The first-order chi connectivity index (χ1) is 26.8. The summed E-state index contributed by atoms with van der Waals surface area (Å²) in [5, 5.41) is 13.4. The molecule has 56 heavy (non-hydrogen) atoms. The van der Waals surface area contributed by atoms with E-state index in [1.807, 2.05) is 0 Å². The maximum atomic E-state index is 2.49. The molecule has 0 saturated carbocycles. The Hall–Kier alpha value is -4.94. The topological polar surface area (TPSA) is 0 Å². The van der Waals surface area contributed by atoms with Crippen molar-refractivity contribution >= 4 is 214 Å². The number of fused-ring (bicyclic) bond motifs is 6. The molecule has 0 bridgehead atoms. The van der Waals surface area contributed by atoms with E-state index in [-0.39, 0.29) is 0 Å². The van der Waals surface area contributed by atoms with E-state index in [1.54, 1.807) is 0 Å². The minimum absolute atomic E-state index is 1.28. The van der Waals surface area contributed by atoms with Gasteiger partial charge in [0.1, 0.15) is 94.2 Å². The van der Waals surface area contributed by atoms with Gasteiger partial charge < -0.3 is 0 Å². The molecule has 0 N–H and O–H groups in total. The molecule has 0 nitrogen and oxygen atoms in total.